The molecule has 1 amide bonds. The van der Waals surface area contributed by atoms with Crippen LogP contribution in [0.2, 0.25) is 0 Å². The molecule has 20 heavy (non-hydrogen) atoms. The monoisotopic (exact) mass is 334 g/mol. The Kier molecular flexibility index (Phi) is 3.82. The van der Waals surface area contributed by atoms with Crippen LogP contribution in [0.5, 0.6) is 0 Å². The second-order valence-electron chi connectivity index (χ2n) is 5.04. The summed E-state index contributed by atoms with van der Waals surface area (Å²) in [4.78, 5) is 16.1. The average Bonchev–Trinajstić information content (AvgIpc) is 3.08. The molecule has 3 rings (SSSR count). The fourth-order valence-corrected chi connectivity index (χ4v) is 2.94. The van der Waals surface area contributed by atoms with Gasteiger partial charge in [0.25, 0.3) is 5.91 Å². The second kappa shape index (κ2) is 5.75. The summed E-state index contributed by atoms with van der Waals surface area (Å²) in [5.74, 6) is 0.917. The molecular formula is C14H15BrN4O. The Morgan fingerprint density at radius 3 is 2.85 bits per heavy atom. The van der Waals surface area contributed by atoms with Crippen molar-refractivity contribution in [1.82, 2.24) is 15.2 Å². The van der Waals surface area contributed by atoms with Crippen LogP contribution in [0.25, 0.3) is 0 Å². The molecule has 5 nitrogen and oxygen atoms in total. The topological polar surface area (TPSA) is 70.7 Å². The van der Waals surface area contributed by atoms with Crippen molar-refractivity contribution >= 4 is 27.7 Å². The zero-order valence-electron chi connectivity index (χ0n) is 10.9. The molecule has 6 heteroatoms. The Hall–Kier alpha value is -1.69. The van der Waals surface area contributed by atoms with Gasteiger partial charge >= 0.3 is 0 Å². The third kappa shape index (κ3) is 2.90. The van der Waals surface area contributed by atoms with E-state index in [0.717, 1.165) is 10.2 Å². The van der Waals surface area contributed by atoms with E-state index in [0.29, 0.717) is 17.3 Å². The third-order valence-electron chi connectivity index (χ3n) is 3.60. The van der Waals surface area contributed by atoms with E-state index in [9.17, 15) is 4.79 Å². The number of nitrogens with zero attached hydrogens (tertiary/aromatic N) is 2. The van der Waals surface area contributed by atoms with E-state index in [1.807, 2.05) is 6.07 Å². The van der Waals surface area contributed by atoms with Gasteiger partial charge < -0.3 is 5.32 Å². The summed E-state index contributed by atoms with van der Waals surface area (Å²) >= 11 is 3.30. The number of nitrogens with one attached hydrogen (secondary N) is 2. The lowest BCUT2D eigenvalue weighted by atomic mass is 10.0. The van der Waals surface area contributed by atoms with E-state index >= 15 is 0 Å². The molecule has 0 saturated heterocycles. The number of H-pyrrole nitrogens is 1. The van der Waals surface area contributed by atoms with Crippen LogP contribution in [0.3, 0.4) is 0 Å². The van der Waals surface area contributed by atoms with Crippen molar-refractivity contribution in [1.29, 1.82) is 0 Å². The first-order valence-corrected chi connectivity index (χ1v) is 7.49. The molecule has 1 aliphatic carbocycles. The van der Waals surface area contributed by atoms with Gasteiger partial charge in [-0.15, -0.1) is 0 Å². The number of amides is 1. The predicted octanol–water partition coefficient (Wildman–Crippen LogP) is 3.48. The van der Waals surface area contributed by atoms with Crippen molar-refractivity contribution in [3.05, 3.63) is 40.3 Å². The van der Waals surface area contributed by atoms with Gasteiger partial charge in [-0.25, -0.2) is 0 Å². The lowest BCUT2D eigenvalue weighted by molar-refractivity contribution is 0.102. The molecule has 0 radical (unpaired) electrons. The van der Waals surface area contributed by atoms with Crippen LogP contribution >= 0.6 is 15.9 Å². The van der Waals surface area contributed by atoms with Gasteiger partial charge in [-0.3, -0.25) is 14.9 Å². The van der Waals surface area contributed by atoms with Crippen molar-refractivity contribution < 1.29 is 4.79 Å². The summed E-state index contributed by atoms with van der Waals surface area (Å²) in [5, 5.41) is 9.97. The average molecular weight is 335 g/mol. The molecule has 2 aromatic rings. The summed E-state index contributed by atoms with van der Waals surface area (Å²) in [6, 6.07) is 3.66. The Balaban J connectivity index is 1.70. The highest BCUT2D eigenvalue weighted by atomic mass is 79.9. The standard InChI is InChI=1S/C14H15BrN4O/c15-11-5-10(7-16-8-11)14(20)17-13-6-12(18-19-13)9-3-1-2-4-9/h5-9H,1-4H2,(H2,17,18,19,20). The summed E-state index contributed by atoms with van der Waals surface area (Å²) < 4.78 is 0.777. The minimum absolute atomic E-state index is 0.205. The van der Waals surface area contributed by atoms with Crippen LogP contribution < -0.4 is 5.32 Å². The molecule has 2 heterocycles. The van der Waals surface area contributed by atoms with Crippen molar-refractivity contribution in [2.75, 3.05) is 5.32 Å². The van der Waals surface area contributed by atoms with Crippen molar-refractivity contribution in [2.24, 2.45) is 0 Å². The molecule has 1 fully saturated rings. The van der Waals surface area contributed by atoms with E-state index in [2.05, 4.69) is 36.4 Å². The number of hydrogen-bond acceptors (Lipinski definition) is 3. The highest BCUT2D eigenvalue weighted by molar-refractivity contribution is 9.10. The molecule has 0 aliphatic heterocycles. The minimum atomic E-state index is -0.205. The van der Waals surface area contributed by atoms with Crippen molar-refractivity contribution in [2.45, 2.75) is 31.6 Å². The van der Waals surface area contributed by atoms with E-state index in [-0.39, 0.29) is 5.91 Å². The Morgan fingerprint density at radius 2 is 2.10 bits per heavy atom. The molecule has 0 atom stereocenters. The Labute approximate surface area is 125 Å². The zero-order chi connectivity index (χ0) is 13.9. The quantitative estimate of drug-likeness (QED) is 0.902. The fourth-order valence-electron chi connectivity index (χ4n) is 2.57. The van der Waals surface area contributed by atoms with Crippen LogP contribution in [0.4, 0.5) is 5.82 Å². The first-order valence-electron chi connectivity index (χ1n) is 6.69. The van der Waals surface area contributed by atoms with Gasteiger partial charge in [-0.2, -0.15) is 5.10 Å². The van der Waals surface area contributed by atoms with Crippen LogP contribution in [0, 0.1) is 0 Å². The van der Waals surface area contributed by atoms with Crippen LogP contribution in [-0.4, -0.2) is 21.1 Å². The maximum atomic E-state index is 12.1. The first-order chi connectivity index (χ1) is 9.72. The maximum Gasteiger partial charge on any atom is 0.258 e. The minimum Gasteiger partial charge on any atom is -0.305 e. The molecule has 1 aliphatic rings. The van der Waals surface area contributed by atoms with Gasteiger partial charge in [-0.05, 0) is 34.8 Å². The maximum absolute atomic E-state index is 12.1. The number of aromatic nitrogens is 3. The highest BCUT2D eigenvalue weighted by Gasteiger charge is 2.19. The number of halogens is 1. The number of anilines is 1. The summed E-state index contributed by atoms with van der Waals surface area (Å²) in [5.41, 5.74) is 1.62. The SMILES string of the molecule is O=C(Nc1cc(C2CCCC2)[nH]n1)c1cncc(Br)c1. The molecule has 0 bridgehead atoms. The number of carbonyl (C=O) groups excluding carboxylic acids is 1. The largest absolute Gasteiger partial charge is 0.305 e. The molecule has 2 aromatic heterocycles. The molecule has 2 N–H and O–H groups in total. The summed E-state index contributed by atoms with van der Waals surface area (Å²) in [6.45, 7) is 0. The van der Waals surface area contributed by atoms with E-state index in [1.165, 1.54) is 31.9 Å². The van der Waals surface area contributed by atoms with Crippen LogP contribution in [0.15, 0.2) is 29.0 Å². The lowest BCUT2D eigenvalue weighted by Gasteiger charge is -2.03. The van der Waals surface area contributed by atoms with Gasteiger partial charge in [0.2, 0.25) is 0 Å². The summed E-state index contributed by atoms with van der Waals surface area (Å²) in [7, 11) is 0. The van der Waals surface area contributed by atoms with Gasteiger partial charge in [-0.1, -0.05) is 12.8 Å². The van der Waals surface area contributed by atoms with Crippen LogP contribution in [-0.2, 0) is 0 Å². The lowest BCUT2D eigenvalue weighted by Crippen LogP contribution is -2.12. The molecule has 1 saturated carbocycles. The Morgan fingerprint density at radius 1 is 1.30 bits per heavy atom. The molecule has 0 aromatic carbocycles. The molecule has 0 unspecified atom stereocenters. The van der Waals surface area contributed by atoms with E-state index in [1.54, 1.807) is 12.3 Å². The van der Waals surface area contributed by atoms with E-state index in [4.69, 9.17) is 0 Å². The molecule has 104 valence electrons. The van der Waals surface area contributed by atoms with E-state index < -0.39 is 0 Å². The molecule has 0 spiro atoms. The normalized spacial score (nSPS) is 15.4. The fraction of sp³-hybridized carbons (Fsp3) is 0.357. The molecular weight excluding hydrogens is 320 g/mol. The van der Waals surface area contributed by atoms with Crippen molar-refractivity contribution in [3.8, 4) is 0 Å². The highest BCUT2D eigenvalue weighted by Crippen LogP contribution is 2.33. The van der Waals surface area contributed by atoms with Gasteiger partial charge in [0, 0.05) is 34.5 Å². The second-order valence-corrected chi connectivity index (χ2v) is 5.95. The van der Waals surface area contributed by atoms with Crippen LogP contribution in [0.1, 0.15) is 47.7 Å². The number of hydrogen-bond donors (Lipinski definition) is 2. The number of rotatable bonds is 3. The number of aromatic amines is 1. The third-order valence-corrected chi connectivity index (χ3v) is 4.04. The van der Waals surface area contributed by atoms with Gasteiger partial charge in [0.05, 0.1) is 5.56 Å². The zero-order valence-corrected chi connectivity index (χ0v) is 12.5. The number of carbonyl (C=O) groups is 1. The first kappa shape index (κ1) is 13.3. The van der Waals surface area contributed by atoms with Crippen molar-refractivity contribution in [3.63, 3.8) is 0 Å². The van der Waals surface area contributed by atoms with Gasteiger partial charge in [0.1, 0.15) is 0 Å². The predicted molar refractivity (Wildman–Crippen MR) is 79.7 cm³/mol. The number of pyridine rings is 1. The summed E-state index contributed by atoms with van der Waals surface area (Å²) in [6.07, 6.45) is 8.12. The smallest absolute Gasteiger partial charge is 0.258 e. The Bertz CT molecular complexity index is 619. The van der Waals surface area contributed by atoms with Gasteiger partial charge in [0.15, 0.2) is 5.82 Å².